The van der Waals surface area contributed by atoms with Crippen molar-refractivity contribution in [2.75, 3.05) is 13.7 Å². The molecule has 0 aromatic heterocycles. The molecule has 0 unspecified atom stereocenters. The van der Waals surface area contributed by atoms with Gasteiger partial charge in [-0.05, 0) is 18.2 Å². The van der Waals surface area contributed by atoms with Gasteiger partial charge < -0.3 is 21.0 Å². The van der Waals surface area contributed by atoms with Crippen molar-refractivity contribution in [1.29, 1.82) is 0 Å². The van der Waals surface area contributed by atoms with Crippen LogP contribution in [0.5, 0.6) is 5.75 Å². The number of oxime groups is 1. The lowest BCUT2D eigenvalue weighted by atomic mass is 10.2. The molecule has 1 rings (SSSR count). The van der Waals surface area contributed by atoms with Crippen LogP contribution in [0, 0.1) is 5.82 Å². The largest absolute Gasteiger partial charge is 0.494 e. The highest BCUT2D eigenvalue weighted by Gasteiger charge is 2.09. The molecule has 0 fully saturated rings. The van der Waals surface area contributed by atoms with Crippen molar-refractivity contribution in [2.45, 2.75) is 6.42 Å². The fourth-order valence-electron chi connectivity index (χ4n) is 1.26. The number of nitrogens with one attached hydrogen (secondary N) is 1. The topological polar surface area (TPSA) is 96.9 Å². The maximum atomic E-state index is 13.1. The molecule has 1 aromatic rings. The van der Waals surface area contributed by atoms with Crippen LogP contribution in [0.25, 0.3) is 0 Å². The number of amides is 1. The number of rotatable bonds is 5. The van der Waals surface area contributed by atoms with Gasteiger partial charge in [0, 0.05) is 18.5 Å². The molecule has 0 atom stereocenters. The fourth-order valence-corrected chi connectivity index (χ4v) is 1.26. The van der Waals surface area contributed by atoms with E-state index < -0.39 is 5.82 Å². The lowest BCUT2D eigenvalue weighted by Gasteiger charge is -2.07. The fraction of sp³-hybridized carbons (Fsp3) is 0.273. The Bertz CT molecular complexity index is 463. The Labute approximate surface area is 103 Å². The Morgan fingerprint density at radius 3 is 2.94 bits per heavy atom. The Hall–Kier alpha value is -2.31. The van der Waals surface area contributed by atoms with E-state index in [2.05, 4.69) is 10.5 Å². The summed E-state index contributed by atoms with van der Waals surface area (Å²) in [4.78, 5) is 11.7. The van der Waals surface area contributed by atoms with Gasteiger partial charge in [-0.3, -0.25) is 4.79 Å². The molecule has 7 heteroatoms. The van der Waals surface area contributed by atoms with Crippen LogP contribution in [0.3, 0.4) is 0 Å². The van der Waals surface area contributed by atoms with Crippen LogP contribution in [0.1, 0.15) is 16.8 Å². The summed E-state index contributed by atoms with van der Waals surface area (Å²) in [6, 6.07) is 3.79. The predicted octanol–water partition coefficient (Wildman–Crippen LogP) is 0.701. The Kier molecular flexibility index (Phi) is 4.91. The quantitative estimate of drug-likeness (QED) is 0.312. The Balaban J connectivity index is 2.62. The first-order chi connectivity index (χ1) is 8.58. The summed E-state index contributed by atoms with van der Waals surface area (Å²) >= 11 is 0. The summed E-state index contributed by atoms with van der Waals surface area (Å²) in [7, 11) is 1.32. The van der Waals surface area contributed by atoms with Gasteiger partial charge in [-0.15, -0.1) is 0 Å². The van der Waals surface area contributed by atoms with Crippen LogP contribution < -0.4 is 15.8 Å². The third kappa shape index (κ3) is 3.62. The standard InChI is InChI=1S/C11H14FN3O3/c1-18-9-6-7(2-3-8(9)12)11(16)14-5-4-10(13)15-17/h2-3,6,17H,4-5H2,1H3,(H2,13,15)(H,14,16). The van der Waals surface area contributed by atoms with E-state index in [1.807, 2.05) is 0 Å². The van der Waals surface area contributed by atoms with Crippen molar-refractivity contribution < 1.29 is 19.1 Å². The van der Waals surface area contributed by atoms with Gasteiger partial charge in [-0.25, -0.2) is 4.39 Å². The molecule has 4 N–H and O–H groups in total. The molecule has 0 saturated carbocycles. The summed E-state index contributed by atoms with van der Waals surface area (Å²) in [6.07, 6.45) is 0.223. The smallest absolute Gasteiger partial charge is 0.251 e. The first kappa shape index (κ1) is 13.8. The predicted molar refractivity (Wildman–Crippen MR) is 63.3 cm³/mol. The third-order valence-electron chi connectivity index (χ3n) is 2.21. The second-order valence-corrected chi connectivity index (χ2v) is 3.45. The van der Waals surface area contributed by atoms with Gasteiger partial charge in [-0.1, -0.05) is 5.16 Å². The van der Waals surface area contributed by atoms with Crippen molar-refractivity contribution in [3.05, 3.63) is 29.6 Å². The molecule has 6 nitrogen and oxygen atoms in total. The zero-order chi connectivity index (χ0) is 13.5. The van der Waals surface area contributed by atoms with E-state index in [0.717, 1.165) is 6.07 Å². The van der Waals surface area contributed by atoms with E-state index in [0.29, 0.717) is 0 Å². The van der Waals surface area contributed by atoms with Gasteiger partial charge in [-0.2, -0.15) is 0 Å². The maximum absolute atomic E-state index is 13.1. The minimum Gasteiger partial charge on any atom is -0.494 e. The van der Waals surface area contributed by atoms with Gasteiger partial charge in [0.1, 0.15) is 5.84 Å². The van der Waals surface area contributed by atoms with Crippen molar-refractivity contribution in [1.82, 2.24) is 5.32 Å². The third-order valence-corrected chi connectivity index (χ3v) is 2.21. The normalized spacial score (nSPS) is 11.1. The maximum Gasteiger partial charge on any atom is 0.251 e. The molecule has 1 amide bonds. The number of hydrogen-bond acceptors (Lipinski definition) is 4. The van der Waals surface area contributed by atoms with Gasteiger partial charge >= 0.3 is 0 Å². The summed E-state index contributed by atoms with van der Waals surface area (Å²) in [5, 5.41) is 13.6. The van der Waals surface area contributed by atoms with Gasteiger partial charge in [0.2, 0.25) is 0 Å². The number of hydrogen-bond donors (Lipinski definition) is 3. The molecule has 0 aliphatic rings. The highest BCUT2D eigenvalue weighted by atomic mass is 19.1. The van der Waals surface area contributed by atoms with E-state index in [4.69, 9.17) is 15.7 Å². The SMILES string of the molecule is COc1cc(C(=O)NCC/C(N)=N/O)ccc1F. The number of benzene rings is 1. The molecule has 98 valence electrons. The number of ether oxygens (including phenoxy) is 1. The van der Waals surface area contributed by atoms with E-state index >= 15 is 0 Å². The second-order valence-electron chi connectivity index (χ2n) is 3.45. The summed E-state index contributed by atoms with van der Waals surface area (Å²) in [5.74, 6) is -0.907. The number of halogens is 1. The minimum absolute atomic E-state index is 0.000848. The molecule has 0 spiro atoms. The van der Waals surface area contributed by atoms with Crippen molar-refractivity contribution >= 4 is 11.7 Å². The summed E-state index contributed by atoms with van der Waals surface area (Å²) < 4.78 is 17.9. The highest BCUT2D eigenvalue weighted by Crippen LogP contribution is 2.17. The first-order valence-electron chi connectivity index (χ1n) is 5.16. The zero-order valence-electron chi connectivity index (χ0n) is 9.81. The van der Waals surface area contributed by atoms with Gasteiger partial charge in [0.25, 0.3) is 5.91 Å². The van der Waals surface area contributed by atoms with Crippen LogP contribution in [-0.4, -0.2) is 30.6 Å². The van der Waals surface area contributed by atoms with E-state index in [9.17, 15) is 9.18 Å². The number of amidine groups is 1. The summed E-state index contributed by atoms with van der Waals surface area (Å²) in [6.45, 7) is 0.217. The highest BCUT2D eigenvalue weighted by molar-refractivity contribution is 5.94. The van der Waals surface area contributed by atoms with E-state index in [1.54, 1.807) is 0 Å². The molecule has 0 heterocycles. The molecular weight excluding hydrogens is 241 g/mol. The van der Waals surface area contributed by atoms with Crippen LogP contribution >= 0.6 is 0 Å². The molecule has 1 aromatic carbocycles. The number of nitrogens with zero attached hydrogens (tertiary/aromatic N) is 1. The van der Waals surface area contributed by atoms with E-state index in [-0.39, 0.29) is 36.0 Å². The van der Waals surface area contributed by atoms with Crippen LogP contribution in [0.2, 0.25) is 0 Å². The molecule has 0 saturated heterocycles. The first-order valence-corrected chi connectivity index (χ1v) is 5.16. The Morgan fingerprint density at radius 2 is 2.33 bits per heavy atom. The molecule has 0 aliphatic heterocycles. The number of methoxy groups -OCH3 is 1. The number of carbonyl (C=O) groups is 1. The average molecular weight is 255 g/mol. The van der Waals surface area contributed by atoms with Crippen LogP contribution in [-0.2, 0) is 0 Å². The number of carbonyl (C=O) groups excluding carboxylic acids is 1. The Morgan fingerprint density at radius 1 is 1.61 bits per heavy atom. The monoisotopic (exact) mass is 255 g/mol. The number of nitrogens with two attached hydrogens (primary N) is 1. The van der Waals surface area contributed by atoms with E-state index in [1.165, 1.54) is 19.2 Å². The van der Waals surface area contributed by atoms with Crippen LogP contribution in [0.15, 0.2) is 23.4 Å². The molecule has 0 bridgehead atoms. The lowest BCUT2D eigenvalue weighted by Crippen LogP contribution is -2.28. The van der Waals surface area contributed by atoms with Crippen LogP contribution in [0.4, 0.5) is 4.39 Å². The molecular formula is C11H14FN3O3. The van der Waals surface area contributed by atoms with Crippen molar-refractivity contribution in [2.24, 2.45) is 10.9 Å². The lowest BCUT2D eigenvalue weighted by molar-refractivity contribution is 0.0954. The summed E-state index contributed by atoms with van der Waals surface area (Å²) in [5.41, 5.74) is 5.51. The minimum atomic E-state index is -0.536. The second kappa shape index (κ2) is 6.43. The molecule has 0 aliphatic carbocycles. The zero-order valence-corrected chi connectivity index (χ0v) is 9.81. The van der Waals surface area contributed by atoms with Crippen molar-refractivity contribution in [3.63, 3.8) is 0 Å². The van der Waals surface area contributed by atoms with Crippen molar-refractivity contribution in [3.8, 4) is 5.75 Å². The van der Waals surface area contributed by atoms with Gasteiger partial charge in [0.05, 0.1) is 7.11 Å². The molecule has 18 heavy (non-hydrogen) atoms. The van der Waals surface area contributed by atoms with Gasteiger partial charge in [0.15, 0.2) is 11.6 Å². The molecule has 0 radical (unpaired) electrons. The average Bonchev–Trinajstić information content (AvgIpc) is 2.38.